The van der Waals surface area contributed by atoms with Crippen LogP contribution in [0.2, 0.25) is 4.34 Å². The van der Waals surface area contributed by atoms with Crippen molar-refractivity contribution < 1.29 is 9.59 Å². The van der Waals surface area contributed by atoms with Crippen LogP contribution in [-0.4, -0.2) is 45.4 Å². The van der Waals surface area contributed by atoms with Gasteiger partial charge in [0.05, 0.1) is 13.7 Å². The molecule has 2 aromatic rings. The summed E-state index contributed by atoms with van der Waals surface area (Å²) in [5, 5.41) is 5.68. The maximum Gasteiger partial charge on any atom is 0.325 e. The van der Waals surface area contributed by atoms with Gasteiger partial charge in [0.2, 0.25) is 5.95 Å². The Hall–Kier alpha value is -1.71. The number of carbonyl (C=O) groups is 2. The van der Waals surface area contributed by atoms with E-state index in [1.54, 1.807) is 20.0 Å². The molecule has 0 radical (unpaired) electrons. The molecule has 0 aliphatic carbocycles. The Labute approximate surface area is 161 Å². The number of halogens is 2. The quantitative estimate of drug-likeness (QED) is 0.691. The van der Waals surface area contributed by atoms with Crippen molar-refractivity contribution in [3.8, 4) is 10.6 Å². The fourth-order valence-corrected chi connectivity index (χ4v) is 3.95. The number of aromatic nitrogens is 2. The topological polar surface area (TPSA) is 87.2 Å². The number of nitrogens with one attached hydrogen (secondary N) is 2. The van der Waals surface area contributed by atoms with Crippen LogP contribution in [0.25, 0.3) is 10.6 Å². The third-order valence-corrected chi connectivity index (χ3v) is 5.43. The van der Waals surface area contributed by atoms with Crippen LogP contribution in [0.3, 0.4) is 0 Å². The molecule has 2 aromatic heterocycles. The molecular formula is C15H15BrClN5O2S. The molecule has 0 aromatic carbocycles. The lowest BCUT2D eigenvalue weighted by molar-refractivity contribution is -0.130. The molecule has 0 spiro atoms. The number of nitrogens with zero attached hydrogens (tertiary/aromatic N) is 3. The molecule has 132 valence electrons. The number of hydrogen-bond acceptors (Lipinski definition) is 6. The van der Waals surface area contributed by atoms with Crippen molar-refractivity contribution in [2.45, 2.75) is 19.4 Å². The lowest BCUT2D eigenvalue weighted by atomic mass is 10.1. The molecule has 3 rings (SSSR count). The smallest absolute Gasteiger partial charge is 0.325 e. The number of thiophene rings is 1. The summed E-state index contributed by atoms with van der Waals surface area (Å²) in [7, 11) is 0. The number of urea groups is 1. The standard InChI is InChI=1S/C15H15BrClN5O2S/c1-15(2)12(23)22(14(24)21-15)6-5-18-13-19-7-8(16)11(20-13)9-3-4-10(17)25-9/h3-4,7H,5-6H2,1-2H3,(H,21,24)(H,18,19,20). The molecule has 0 saturated carbocycles. The Kier molecular flexibility index (Phi) is 4.99. The monoisotopic (exact) mass is 443 g/mol. The Morgan fingerprint density at radius 2 is 2.16 bits per heavy atom. The van der Waals surface area contributed by atoms with Crippen LogP contribution in [0, 0.1) is 0 Å². The lowest BCUT2D eigenvalue weighted by Crippen LogP contribution is -2.40. The number of hydrogen-bond donors (Lipinski definition) is 2. The zero-order valence-corrected chi connectivity index (χ0v) is 16.6. The third kappa shape index (κ3) is 3.78. The van der Waals surface area contributed by atoms with E-state index < -0.39 is 5.54 Å². The Balaban J connectivity index is 1.66. The largest absolute Gasteiger partial charge is 0.352 e. The van der Waals surface area contributed by atoms with Gasteiger partial charge in [-0.1, -0.05) is 11.6 Å². The molecule has 2 N–H and O–H groups in total. The molecule has 3 amide bonds. The predicted octanol–water partition coefficient (Wildman–Crippen LogP) is 3.36. The van der Waals surface area contributed by atoms with Gasteiger partial charge >= 0.3 is 6.03 Å². The van der Waals surface area contributed by atoms with Crippen molar-refractivity contribution in [3.63, 3.8) is 0 Å². The highest BCUT2D eigenvalue weighted by Crippen LogP contribution is 2.34. The molecular weight excluding hydrogens is 430 g/mol. The van der Waals surface area contributed by atoms with Crippen molar-refractivity contribution in [2.75, 3.05) is 18.4 Å². The van der Waals surface area contributed by atoms with Crippen LogP contribution in [-0.2, 0) is 4.79 Å². The molecule has 3 heterocycles. The van der Waals surface area contributed by atoms with Gasteiger partial charge in [0.1, 0.15) is 11.2 Å². The first-order valence-corrected chi connectivity index (χ1v) is 9.43. The van der Waals surface area contributed by atoms with E-state index in [2.05, 4.69) is 36.5 Å². The number of imide groups is 1. The second-order valence-corrected chi connectivity index (χ2v) is 8.50. The number of anilines is 1. The van der Waals surface area contributed by atoms with E-state index in [0.29, 0.717) is 16.8 Å². The zero-order chi connectivity index (χ0) is 18.2. The molecule has 7 nitrogen and oxygen atoms in total. The molecule has 1 aliphatic heterocycles. The van der Waals surface area contributed by atoms with Gasteiger partial charge in [-0.25, -0.2) is 14.8 Å². The van der Waals surface area contributed by atoms with Crippen molar-refractivity contribution in [1.29, 1.82) is 0 Å². The molecule has 1 saturated heterocycles. The van der Waals surface area contributed by atoms with Gasteiger partial charge in [-0.15, -0.1) is 11.3 Å². The highest BCUT2D eigenvalue weighted by Gasteiger charge is 2.43. The minimum Gasteiger partial charge on any atom is -0.352 e. The van der Waals surface area contributed by atoms with E-state index in [-0.39, 0.29) is 18.5 Å². The summed E-state index contributed by atoms with van der Waals surface area (Å²) in [6.45, 7) is 3.93. The first kappa shape index (κ1) is 18.1. The zero-order valence-electron chi connectivity index (χ0n) is 13.5. The lowest BCUT2D eigenvalue weighted by Gasteiger charge is -2.16. The normalized spacial score (nSPS) is 16.2. The first-order chi connectivity index (χ1) is 11.8. The van der Waals surface area contributed by atoms with Crippen LogP contribution in [0.4, 0.5) is 10.7 Å². The van der Waals surface area contributed by atoms with Crippen LogP contribution in [0.15, 0.2) is 22.8 Å². The molecule has 1 aliphatic rings. The van der Waals surface area contributed by atoms with Gasteiger partial charge in [-0.05, 0) is 41.9 Å². The first-order valence-electron chi connectivity index (χ1n) is 7.44. The second-order valence-electron chi connectivity index (χ2n) is 5.93. The van der Waals surface area contributed by atoms with Crippen LogP contribution in [0.1, 0.15) is 13.8 Å². The molecule has 0 unspecified atom stereocenters. The van der Waals surface area contributed by atoms with Crippen LogP contribution < -0.4 is 10.6 Å². The Morgan fingerprint density at radius 1 is 1.40 bits per heavy atom. The molecule has 0 bridgehead atoms. The fourth-order valence-electron chi connectivity index (χ4n) is 2.37. The molecule has 25 heavy (non-hydrogen) atoms. The highest BCUT2D eigenvalue weighted by atomic mass is 79.9. The van der Waals surface area contributed by atoms with Crippen molar-refractivity contribution in [1.82, 2.24) is 20.2 Å². The average Bonchev–Trinajstić information content (AvgIpc) is 3.05. The van der Waals surface area contributed by atoms with E-state index in [4.69, 9.17) is 11.6 Å². The summed E-state index contributed by atoms with van der Waals surface area (Å²) in [5.74, 6) is 0.166. The Bertz CT molecular complexity index is 841. The van der Waals surface area contributed by atoms with Gasteiger partial charge in [0, 0.05) is 19.3 Å². The highest BCUT2D eigenvalue weighted by molar-refractivity contribution is 9.10. The molecule has 10 heteroatoms. The minimum atomic E-state index is -0.864. The molecule has 0 atom stereocenters. The molecule has 1 fully saturated rings. The minimum absolute atomic E-state index is 0.230. The Morgan fingerprint density at radius 3 is 2.76 bits per heavy atom. The van der Waals surface area contributed by atoms with E-state index in [9.17, 15) is 9.59 Å². The number of carbonyl (C=O) groups excluding carboxylic acids is 2. The summed E-state index contributed by atoms with van der Waals surface area (Å²) in [6, 6.07) is 3.31. The summed E-state index contributed by atoms with van der Waals surface area (Å²) in [5.41, 5.74) is -0.137. The van der Waals surface area contributed by atoms with Crippen molar-refractivity contribution in [2.24, 2.45) is 0 Å². The van der Waals surface area contributed by atoms with Gasteiger partial charge in [0.15, 0.2) is 0 Å². The van der Waals surface area contributed by atoms with Crippen LogP contribution in [0.5, 0.6) is 0 Å². The summed E-state index contributed by atoms with van der Waals surface area (Å²) < 4.78 is 1.43. The van der Waals surface area contributed by atoms with Crippen LogP contribution >= 0.6 is 38.9 Å². The van der Waals surface area contributed by atoms with E-state index in [1.807, 2.05) is 12.1 Å². The van der Waals surface area contributed by atoms with E-state index in [0.717, 1.165) is 15.0 Å². The van der Waals surface area contributed by atoms with Crippen molar-refractivity contribution in [3.05, 3.63) is 27.1 Å². The third-order valence-electron chi connectivity index (χ3n) is 3.61. The average molecular weight is 445 g/mol. The van der Waals surface area contributed by atoms with E-state index >= 15 is 0 Å². The SMILES string of the molecule is CC1(C)NC(=O)N(CCNc2ncc(Br)c(-c3ccc(Cl)s3)n2)C1=O. The fraction of sp³-hybridized carbons (Fsp3) is 0.333. The summed E-state index contributed by atoms with van der Waals surface area (Å²) in [6.07, 6.45) is 1.65. The van der Waals surface area contributed by atoms with Gasteiger partial charge in [0.25, 0.3) is 5.91 Å². The van der Waals surface area contributed by atoms with Gasteiger partial charge in [-0.3, -0.25) is 9.69 Å². The van der Waals surface area contributed by atoms with Gasteiger partial charge in [-0.2, -0.15) is 0 Å². The second kappa shape index (κ2) is 6.89. The summed E-state index contributed by atoms with van der Waals surface area (Å²) >= 11 is 10.8. The maximum atomic E-state index is 12.1. The maximum absolute atomic E-state index is 12.1. The predicted molar refractivity (Wildman–Crippen MR) is 101 cm³/mol. The van der Waals surface area contributed by atoms with Gasteiger partial charge < -0.3 is 10.6 Å². The summed E-state index contributed by atoms with van der Waals surface area (Å²) in [4.78, 5) is 34.7. The number of amides is 3. The number of rotatable bonds is 5. The van der Waals surface area contributed by atoms with E-state index in [1.165, 1.54) is 16.2 Å². The van der Waals surface area contributed by atoms with Crippen molar-refractivity contribution >= 4 is 56.8 Å².